The van der Waals surface area contributed by atoms with Crippen LogP contribution in [0.4, 0.5) is 0 Å². The van der Waals surface area contributed by atoms with E-state index in [1.54, 1.807) is 4.90 Å². The van der Waals surface area contributed by atoms with Crippen LogP contribution >= 0.6 is 0 Å². The van der Waals surface area contributed by atoms with Crippen molar-refractivity contribution in [2.75, 3.05) is 32.8 Å². The Labute approximate surface area is 78.1 Å². The highest BCUT2D eigenvalue weighted by Crippen LogP contribution is 1.73. The lowest BCUT2D eigenvalue weighted by Crippen LogP contribution is -3.13. The van der Waals surface area contributed by atoms with E-state index in [9.17, 15) is 0 Å². The van der Waals surface area contributed by atoms with Gasteiger partial charge in [0.25, 0.3) is 0 Å². The fraction of sp³-hybridized carbons (Fsp3) is 1.00. The number of morpholine rings is 1. The van der Waals surface area contributed by atoms with Crippen LogP contribution in [0.25, 0.3) is 0 Å². The van der Waals surface area contributed by atoms with Crippen molar-refractivity contribution in [2.24, 2.45) is 0 Å². The van der Waals surface area contributed by atoms with Gasteiger partial charge in [0.05, 0.1) is 19.8 Å². The van der Waals surface area contributed by atoms with Crippen molar-refractivity contribution in [2.45, 2.75) is 6.92 Å². The predicted molar refractivity (Wildman–Crippen MR) is 42.5 cm³/mol. The molecule has 0 aromatic carbocycles. The van der Waals surface area contributed by atoms with Crippen LogP contribution < -0.4 is 4.90 Å². The molecule has 1 rings (SSSR count). The molecular formula is C6H14NO5S-. The van der Waals surface area contributed by atoms with Gasteiger partial charge in [0.1, 0.15) is 13.1 Å². The third kappa shape index (κ3) is 11.8. The summed E-state index contributed by atoms with van der Waals surface area (Å²) in [5.74, 6) is 0. The summed E-state index contributed by atoms with van der Waals surface area (Å²) < 4.78 is 39.3. The molecule has 0 bridgehead atoms. The second-order valence-electron chi connectivity index (χ2n) is 2.62. The van der Waals surface area contributed by atoms with Crippen molar-refractivity contribution in [1.82, 2.24) is 0 Å². The number of hydrogen-bond donors (Lipinski definition) is 1. The first kappa shape index (κ1) is 12.8. The Balaban J connectivity index is 0.000000252. The molecule has 0 unspecified atom stereocenters. The monoisotopic (exact) mass is 212 g/mol. The molecule has 6 nitrogen and oxygen atoms in total. The molecule has 1 heterocycles. The first-order valence-electron chi connectivity index (χ1n) is 4.01. The quantitative estimate of drug-likeness (QED) is 0.386. The normalized spacial score (nSPS) is 19.0. The van der Waals surface area contributed by atoms with Gasteiger partial charge >= 0.3 is 0 Å². The molecule has 0 radical (unpaired) electrons. The summed E-state index contributed by atoms with van der Waals surface area (Å²) in [5, 5.41) is 0. The van der Waals surface area contributed by atoms with Gasteiger partial charge in [0.2, 0.25) is 0 Å². The van der Waals surface area contributed by atoms with Crippen LogP contribution in [0.3, 0.4) is 0 Å². The summed E-state index contributed by atoms with van der Waals surface area (Å²) in [6.07, 6.45) is 0. The van der Waals surface area contributed by atoms with E-state index in [0.29, 0.717) is 0 Å². The summed E-state index contributed by atoms with van der Waals surface area (Å²) in [7, 11) is -5.17. The van der Waals surface area contributed by atoms with E-state index in [1.165, 1.54) is 19.6 Å². The SMILES string of the molecule is CC[NH+]1CCOCC1.O=S(=O)([O-])[O-]. The minimum atomic E-state index is -5.17. The fourth-order valence-corrected chi connectivity index (χ4v) is 1.01. The van der Waals surface area contributed by atoms with Gasteiger partial charge in [0.15, 0.2) is 0 Å². The minimum absolute atomic E-state index is 0.961. The first-order valence-corrected chi connectivity index (χ1v) is 5.35. The molecule has 1 aliphatic rings. The molecule has 1 aliphatic heterocycles. The number of quaternary nitrogens is 1. The van der Waals surface area contributed by atoms with E-state index < -0.39 is 10.4 Å². The highest BCUT2D eigenvalue weighted by molar-refractivity contribution is 7.79. The Bertz CT molecular complexity index is 201. The third-order valence-corrected chi connectivity index (χ3v) is 1.70. The van der Waals surface area contributed by atoms with E-state index in [-0.39, 0.29) is 0 Å². The van der Waals surface area contributed by atoms with Crippen LogP contribution in [-0.2, 0) is 15.1 Å². The Morgan fingerprint density at radius 1 is 1.31 bits per heavy atom. The Morgan fingerprint density at radius 2 is 1.69 bits per heavy atom. The largest absolute Gasteiger partial charge is 0.759 e. The van der Waals surface area contributed by atoms with Gasteiger partial charge in [-0.15, -0.1) is 0 Å². The molecule has 0 aromatic rings. The second-order valence-corrected chi connectivity index (χ2v) is 3.44. The van der Waals surface area contributed by atoms with Crippen LogP contribution in [0.2, 0.25) is 0 Å². The molecule has 1 fully saturated rings. The summed E-state index contributed by atoms with van der Waals surface area (Å²) >= 11 is 0. The third-order valence-electron chi connectivity index (χ3n) is 1.70. The summed E-state index contributed by atoms with van der Waals surface area (Å²) in [5.41, 5.74) is 0. The number of nitrogens with one attached hydrogen (secondary N) is 1. The first-order chi connectivity index (χ1) is 5.93. The lowest BCUT2D eigenvalue weighted by Gasteiger charge is -2.21. The van der Waals surface area contributed by atoms with E-state index in [2.05, 4.69) is 6.92 Å². The second kappa shape index (κ2) is 6.28. The highest BCUT2D eigenvalue weighted by atomic mass is 32.3. The number of rotatable bonds is 1. The van der Waals surface area contributed by atoms with Gasteiger partial charge in [-0.1, -0.05) is 0 Å². The van der Waals surface area contributed by atoms with Crippen molar-refractivity contribution in [3.8, 4) is 0 Å². The standard InChI is InChI=1S/C6H13NO.H2O4S/c1-2-7-3-5-8-6-4-7;1-5(2,3)4/h2-6H2,1H3;(H2,1,2,3,4)/p-1. The van der Waals surface area contributed by atoms with E-state index >= 15 is 0 Å². The summed E-state index contributed by atoms with van der Waals surface area (Å²) in [6.45, 7) is 7.81. The Kier molecular flexibility index (Phi) is 6.17. The van der Waals surface area contributed by atoms with Gasteiger partial charge in [0, 0.05) is 10.4 Å². The molecule has 0 spiro atoms. The molecule has 0 amide bonds. The van der Waals surface area contributed by atoms with Crippen molar-refractivity contribution in [3.63, 3.8) is 0 Å². The van der Waals surface area contributed by atoms with Crippen LogP contribution in [0.1, 0.15) is 6.92 Å². The number of likely N-dealkylation sites (N-methyl/N-ethyl adjacent to an activating group) is 1. The molecule has 7 heteroatoms. The molecule has 0 aliphatic carbocycles. The number of ether oxygens (including phenoxy) is 1. The van der Waals surface area contributed by atoms with E-state index in [4.69, 9.17) is 22.3 Å². The average Bonchev–Trinajstić information content (AvgIpc) is 2.03. The maximum atomic E-state index is 8.52. The highest BCUT2D eigenvalue weighted by Gasteiger charge is 2.09. The molecule has 13 heavy (non-hydrogen) atoms. The Hall–Kier alpha value is -0.210. The maximum absolute atomic E-state index is 8.52. The fourth-order valence-electron chi connectivity index (χ4n) is 1.01. The topological polar surface area (TPSA) is 93.9 Å². The lowest BCUT2D eigenvalue weighted by molar-refractivity contribution is -0.906. The predicted octanol–water partition coefficient (Wildman–Crippen LogP) is -2.42. The van der Waals surface area contributed by atoms with Crippen LogP contribution in [0.5, 0.6) is 0 Å². The van der Waals surface area contributed by atoms with Crippen LogP contribution in [-0.4, -0.2) is 50.4 Å². The zero-order chi connectivity index (χ0) is 10.3. The lowest BCUT2D eigenvalue weighted by atomic mass is 10.4. The van der Waals surface area contributed by atoms with E-state index in [0.717, 1.165) is 13.2 Å². The van der Waals surface area contributed by atoms with Gasteiger partial charge in [-0.2, -0.15) is 0 Å². The summed E-state index contributed by atoms with van der Waals surface area (Å²) in [4.78, 5) is 1.68. The molecule has 80 valence electrons. The zero-order valence-electron chi connectivity index (χ0n) is 7.49. The molecule has 0 aromatic heterocycles. The summed E-state index contributed by atoms with van der Waals surface area (Å²) in [6, 6.07) is 0. The molecule has 0 atom stereocenters. The van der Waals surface area contributed by atoms with Crippen molar-refractivity contribution >= 4 is 10.4 Å². The van der Waals surface area contributed by atoms with Crippen molar-refractivity contribution < 1.29 is 27.2 Å². The molecule has 1 saturated heterocycles. The zero-order valence-corrected chi connectivity index (χ0v) is 8.30. The van der Waals surface area contributed by atoms with Crippen molar-refractivity contribution in [1.29, 1.82) is 0 Å². The smallest absolute Gasteiger partial charge is 0.101 e. The Morgan fingerprint density at radius 3 is 1.92 bits per heavy atom. The van der Waals surface area contributed by atoms with Gasteiger partial charge in [-0.05, 0) is 6.92 Å². The van der Waals surface area contributed by atoms with Gasteiger partial charge < -0.3 is 18.7 Å². The number of hydrogen-bond acceptors (Lipinski definition) is 5. The van der Waals surface area contributed by atoms with Gasteiger partial charge in [-0.25, -0.2) is 0 Å². The minimum Gasteiger partial charge on any atom is -0.759 e. The van der Waals surface area contributed by atoms with E-state index in [1.807, 2.05) is 0 Å². The molecule has 0 saturated carbocycles. The average molecular weight is 212 g/mol. The van der Waals surface area contributed by atoms with Crippen LogP contribution in [0, 0.1) is 0 Å². The van der Waals surface area contributed by atoms with Crippen LogP contribution in [0.15, 0.2) is 0 Å². The molecule has 1 N–H and O–H groups in total. The van der Waals surface area contributed by atoms with Gasteiger partial charge in [-0.3, -0.25) is 8.42 Å². The van der Waals surface area contributed by atoms with Crippen molar-refractivity contribution in [3.05, 3.63) is 0 Å². The molecular weight excluding hydrogens is 198 g/mol. The maximum Gasteiger partial charge on any atom is 0.101 e.